The van der Waals surface area contributed by atoms with Crippen LogP contribution in [0, 0.1) is 13.8 Å². The molecule has 2 N–H and O–H groups in total. The summed E-state index contributed by atoms with van der Waals surface area (Å²) in [7, 11) is 0. The molecule has 1 heteroatoms. The molecule has 0 amide bonds. The Balaban J connectivity index is 2.93. The molecule has 0 aromatic heterocycles. The van der Waals surface area contributed by atoms with Gasteiger partial charge in [0.25, 0.3) is 0 Å². The van der Waals surface area contributed by atoms with E-state index in [9.17, 15) is 0 Å². The number of benzene rings is 1. The summed E-state index contributed by atoms with van der Waals surface area (Å²) >= 11 is 0. The molecule has 70 valence electrons. The van der Waals surface area contributed by atoms with Crippen molar-refractivity contribution < 1.29 is 0 Å². The summed E-state index contributed by atoms with van der Waals surface area (Å²) in [6.07, 6.45) is 4.11. The normalized spacial score (nSPS) is 13.5. The standard InChI is InChI=1S/C12H17N/c1-9-4-5-10(2)12(8-9)7-6-11(3)13/h4-8,11H,13H2,1-3H3/b7-6+. The van der Waals surface area contributed by atoms with Crippen molar-refractivity contribution in [1.82, 2.24) is 0 Å². The van der Waals surface area contributed by atoms with E-state index in [4.69, 9.17) is 5.73 Å². The second kappa shape index (κ2) is 4.24. The van der Waals surface area contributed by atoms with E-state index in [1.54, 1.807) is 0 Å². The maximum atomic E-state index is 5.64. The number of rotatable bonds is 2. The third kappa shape index (κ3) is 3.03. The third-order valence-corrected chi connectivity index (χ3v) is 2.01. The third-order valence-electron chi connectivity index (χ3n) is 2.01. The van der Waals surface area contributed by atoms with E-state index in [2.05, 4.69) is 38.1 Å². The van der Waals surface area contributed by atoms with E-state index in [0.29, 0.717) is 0 Å². The van der Waals surface area contributed by atoms with Crippen molar-refractivity contribution in [1.29, 1.82) is 0 Å². The van der Waals surface area contributed by atoms with Crippen LogP contribution in [0.15, 0.2) is 24.3 Å². The van der Waals surface area contributed by atoms with Gasteiger partial charge in [-0.15, -0.1) is 0 Å². The summed E-state index contributed by atoms with van der Waals surface area (Å²) in [4.78, 5) is 0. The highest BCUT2D eigenvalue weighted by Gasteiger charge is 1.94. The van der Waals surface area contributed by atoms with Gasteiger partial charge in [0.1, 0.15) is 0 Å². The lowest BCUT2D eigenvalue weighted by Gasteiger charge is -2.02. The van der Waals surface area contributed by atoms with Crippen molar-refractivity contribution in [3.63, 3.8) is 0 Å². The van der Waals surface area contributed by atoms with Crippen LogP contribution in [-0.4, -0.2) is 6.04 Å². The minimum Gasteiger partial charge on any atom is -0.325 e. The van der Waals surface area contributed by atoms with Crippen LogP contribution in [-0.2, 0) is 0 Å². The largest absolute Gasteiger partial charge is 0.325 e. The first-order valence-electron chi connectivity index (χ1n) is 4.60. The van der Waals surface area contributed by atoms with Gasteiger partial charge in [0.2, 0.25) is 0 Å². The van der Waals surface area contributed by atoms with E-state index < -0.39 is 0 Å². The van der Waals surface area contributed by atoms with Crippen LogP contribution in [0.25, 0.3) is 6.08 Å². The molecule has 0 saturated heterocycles. The molecule has 1 nitrogen and oxygen atoms in total. The predicted octanol–water partition coefficient (Wildman–Crippen LogP) is 2.66. The predicted molar refractivity (Wildman–Crippen MR) is 58.6 cm³/mol. The van der Waals surface area contributed by atoms with Crippen LogP contribution in [0.4, 0.5) is 0 Å². The topological polar surface area (TPSA) is 26.0 Å². The molecule has 0 aliphatic heterocycles. The second-order valence-electron chi connectivity index (χ2n) is 3.58. The lowest BCUT2D eigenvalue weighted by Crippen LogP contribution is -2.09. The SMILES string of the molecule is Cc1ccc(C)c(/C=C/C(C)N)c1. The zero-order valence-electron chi connectivity index (χ0n) is 8.54. The van der Waals surface area contributed by atoms with Gasteiger partial charge in [0, 0.05) is 6.04 Å². The summed E-state index contributed by atoms with van der Waals surface area (Å²) in [6, 6.07) is 6.56. The Labute approximate surface area is 80.3 Å². The summed E-state index contributed by atoms with van der Waals surface area (Å²) in [5, 5.41) is 0. The molecule has 0 saturated carbocycles. The van der Waals surface area contributed by atoms with Crippen molar-refractivity contribution in [2.45, 2.75) is 26.8 Å². The maximum absolute atomic E-state index is 5.64. The Morgan fingerprint density at radius 2 is 2.00 bits per heavy atom. The zero-order chi connectivity index (χ0) is 9.84. The van der Waals surface area contributed by atoms with Gasteiger partial charge >= 0.3 is 0 Å². The summed E-state index contributed by atoms with van der Waals surface area (Å²) in [5.41, 5.74) is 9.48. The fraction of sp³-hybridized carbons (Fsp3) is 0.333. The molecule has 1 atom stereocenters. The molecular weight excluding hydrogens is 158 g/mol. The minimum atomic E-state index is 0.125. The van der Waals surface area contributed by atoms with Crippen LogP contribution in [0.1, 0.15) is 23.6 Å². The maximum Gasteiger partial charge on any atom is 0.0198 e. The van der Waals surface area contributed by atoms with Gasteiger partial charge in [-0.3, -0.25) is 0 Å². The van der Waals surface area contributed by atoms with Gasteiger partial charge in [-0.25, -0.2) is 0 Å². The van der Waals surface area contributed by atoms with Crippen molar-refractivity contribution in [2.24, 2.45) is 5.73 Å². The van der Waals surface area contributed by atoms with Crippen molar-refractivity contribution in [3.05, 3.63) is 41.0 Å². The quantitative estimate of drug-likeness (QED) is 0.734. The molecule has 0 radical (unpaired) electrons. The van der Waals surface area contributed by atoms with Crippen molar-refractivity contribution >= 4 is 6.08 Å². The van der Waals surface area contributed by atoms with E-state index in [1.165, 1.54) is 16.7 Å². The molecule has 0 bridgehead atoms. The van der Waals surface area contributed by atoms with Gasteiger partial charge in [-0.1, -0.05) is 35.9 Å². The van der Waals surface area contributed by atoms with Crippen LogP contribution >= 0.6 is 0 Å². The molecule has 0 fully saturated rings. The lowest BCUT2D eigenvalue weighted by atomic mass is 10.0. The van der Waals surface area contributed by atoms with Crippen molar-refractivity contribution in [2.75, 3.05) is 0 Å². The average Bonchev–Trinajstić information content (AvgIpc) is 2.06. The second-order valence-corrected chi connectivity index (χ2v) is 3.58. The molecular formula is C12H17N. The Hall–Kier alpha value is -1.08. The van der Waals surface area contributed by atoms with Gasteiger partial charge < -0.3 is 5.73 Å². The number of hydrogen-bond donors (Lipinski definition) is 1. The Kier molecular flexibility index (Phi) is 3.26. The molecule has 0 aliphatic carbocycles. The highest BCUT2D eigenvalue weighted by Crippen LogP contribution is 2.12. The molecule has 0 aliphatic rings. The summed E-state index contributed by atoms with van der Waals surface area (Å²) < 4.78 is 0. The Bertz CT molecular complexity index is 311. The Morgan fingerprint density at radius 1 is 1.31 bits per heavy atom. The fourth-order valence-electron chi connectivity index (χ4n) is 1.19. The van der Waals surface area contributed by atoms with Crippen LogP contribution in [0.5, 0.6) is 0 Å². The number of aryl methyl sites for hydroxylation is 2. The number of nitrogens with two attached hydrogens (primary N) is 1. The van der Waals surface area contributed by atoms with E-state index in [1.807, 2.05) is 13.0 Å². The molecule has 0 heterocycles. The van der Waals surface area contributed by atoms with Crippen LogP contribution < -0.4 is 5.73 Å². The van der Waals surface area contributed by atoms with E-state index >= 15 is 0 Å². The number of hydrogen-bond acceptors (Lipinski definition) is 1. The van der Waals surface area contributed by atoms with Crippen LogP contribution in [0.3, 0.4) is 0 Å². The average molecular weight is 175 g/mol. The minimum absolute atomic E-state index is 0.125. The Morgan fingerprint density at radius 3 is 2.62 bits per heavy atom. The van der Waals surface area contributed by atoms with Gasteiger partial charge in [-0.2, -0.15) is 0 Å². The zero-order valence-corrected chi connectivity index (χ0v) is 8.54. The van der Waals surface area contributed by atoms with Gasteiger partial charge in [0.15, 0.2) is 0 Å². The van der Waals surface area contributed by atoms with E-state index in [-0.39, 0.29) is 6.04 Å². The molecule has 1 aromatic carbocycles. The first kappa shape index (κ1) is 10.0. The molecule has 1 unspecified atom stereocenters. The molecule has 1 aromatic rings. The molecule has 1 rings (SSSR count). The van der Waals surface area contributed by atoms with Gasteiger partial charge in [0.05, 0.1) is 0 Å². The monoisotopic (exact) mass is 175 g/mol. The molecule has 0 spiro atoms. The van der Waals surface area contributed by atoms with Crippen LogP contribution in [0.2, 0.25) is 0 Å². The van der Waals surface area contributed by atoms with Gasteiger partial charge in [-0.05, 0) is 31.9 Å². The van der Waals surface area contributed by atoms with Crippen molar-refractivity contribution in [3.8, 4) is 0 Å². The first-order chi connectivity index (χ1) is 6.09. The first-order valence-corrected chi connectivity index (χ1v) is 4.60. The highest BCUT2D eigenvalue weighted by molar-refractivity contribution is 5.55. The van der Waals surface area contributed by atoms with E-state index in [0.717, 1.165) is 0 Å². The summed E-state index contributed by atoms with van der Waals surface area (Å²) in [5.74, 6) is 0. The molecule has 13 heavy (non-hydrogen) atoms. The lowest BCUT2D eigenvalue weighted by molar-refractivity contribution is 0.930. The fourth-order valence-corrected chi connectivity index (χ4v) is 1.19. The summed E-state index contributed by atoms with van der Waals surface area (Å²) in [6.45, 7) is 6.19. The highest BCUT2D eigenvalue weighted by atomic mass is 14.6. The smallest absolute Gasteiger partial charge is 0.0198 e.